The highest BCUT2D eigenvalue weighted by Gasteiger charge is 2.61. The van der Waals surface area contributed by atoms with E-state index in [-0.39, 0.29) is 29.2 Å². The number of benzene rings is 2. The number of ketones is 2. The number of hydrogen-bond acceptors (Lipinski definition) is 3. The number of hydrogen-bond donors (Lipinski definition) is 0. The summed E-state index contributed by atoms with van der Waals surface area (Å²) in [6.07, 6.45) is 3.98. The van der Waals surface area contributed by atoms with E-state index in [1.807, 2.05) is 25.1 Å². The Labute approximate surface area is 163 Å². The van der Waals surface area contributed by atoms with Gasteiger partial charge in [0, 0.05) is 11.8 Å². The molecule has 144 valence electrons. The summed E-state index contributed by atoms with van der Waals surface area (Å²) in [5.74, 6) is 1.04. The van der Waals surface area contributed by atoms with Gasteiger partial charge >= 0.3 is 0 Å². The van der Waals surface area contributed by atoms with Gasteiger partial charge in [-0.2, -0.15) is 0 Å². The van der Waals surface area contributed by atoms with E-state index in [2.05, 4.69) is 0 Å². The van der Waals surface area contributed by atoms with Gasteiger partial charge in [-0.1, -0.05) is 13.0 Å². The summed E-state index contributed by atoms with van der Waals surface area (Å²) in [4.78, 5) is 26.5. The van der Waals surface area contributed by atoms with E-state index in [4.69, 9.17) is 4.74 Å². The average Bonchev–Trinajstić information content (AvgIpc) is 3.37. The van der Waals surface area contributed by atoms with Gasteiger partial charge in [-0.15, -0.1) is 0 Å². The third kappa shape index (κ3) is 2.61. The molecular formula is C24H23FO3. The third-order valence-corrected chi connectivity index (χ3v) is 7.00. The van der Waals surface area contributed by atoms with Crippen molar-refractivity contribution in [2.24, 2.45) is 23.7 Å². The fourth-order valence-electron chi connectivity index (χ4n) is 5.81. The van der Waals surface area contributed by atoms with Gasteiger partial charge in [0.05, 0.1) is 0 Å². The first-order valence-corrected chi connectivity index (χ1v) is 10.2. The molecule has 4 heteroatoms. The summed E-state index contributed by atoms with van der Waals surface area (Å²) in [6, 6.07) is 11.5. The van der Waals surface area contributed by atoms with Crippen LogP contribution in [0, 0.1) is 29.5 Å². The van der Waals surface area contributed by atoms with E-state index in [0.29, 0.717) is 23.3 Å². The molecule has 3 aliphatic rings. The van der Waals surface area contributed by atoms with Crippen molar-refractivity contribution in [2.45, 2.75) is 38.5 Å². The fourth-order valence-corrected chi connectivity index (χ4v) is 5.81. The summed E-state index contributed by atoms with van der Waals surface area (Å²) < 4.78 is 19.0. The maximum absolute atomic E-state index is 13.3. The number of carbonyl (C=O) groups excluding carboxylic acids is 2. The Hall–Kier alpha value is -2.49. The molecule has 3 aliphatic carbocycles. The second-order valence-electron chi connectivity index (χ2n) is 8.39. The Bertz CT molecular complexity index is 921. The second kappa shape index (κ2) is 6.54. The lowest BCUT2D eigenvalue weighted by Crippen LogP contribution is -2.24. The van der Waals surface area contributed by atoms with Crippen LogP contribution < -0.4 is 4.74 Å². The Kier molecular flexibility index (Phi) is 4.11. The highest BCUT2D eigenvalue weighted by molar-refractivity contribution is 6.16. The van der Waals surface area contributed by atoms with Gasteiger partial charge in [-0.25, -0.2) is 4.39 Å². The van der Waals surface area contributed by atoms with Gasteiger partial charge in [-0.05, 0) is 85.0 Å². The summed E-state index contributed by atoms with van der Waals surface area (Å²) >= 11 is 0. The molecule has 1 unspecified atom stereocenters. The van der Waals surface area contributed by atoms with E-state index in [0.717, 1.165) is 36.8 Å². The van der Waals surface area contributed by atoms with Gasteiger partial charge in [0.25, 0.3) is 0 Å². The largest absolute Gasteiger partial charge is 0.457 e. The van der Waals surface area contributed by atoms with E-state index >= 15 is 0 Å². The first-order valence-electron chi connectivity index (χ1n) is 10.2. The number of aryl methyl sites for hydroxylation is 1. The highest BCUT2D eigenvalue weighted by Crippen LogP contribution is 2.59. The minimum absolute atomic E-state index is 0.0670. The van der Waals surface area contributed by atoms with E-state index in [1.54, 1.807) is 12.1 Å². The topological polar surface area (TPSA) is 43.4 Å². The molecular weight excluding hydrogens is 355 g/mol. The molecule has 3 fully saturated rings. The Morgan fingerprint density at radius 3 is 2.14 bits per heavy atom. The van der Waals surface area contributed by atoms with Gasteiger partial charge in [0.15, 0.2) is 11.6 Å². The molecule has 3 saturated carbocycles. The number of carbonyl (C=O) groups is 2. The number of fused-ring (bicyclic) bond motifs is 5. The lowest BCUT2D eigenvalue weighted by molar-refractivity contribution is -0.125. The molecule has 0 N–H and O–H groups in total. The minimum atomic E-state index is -0.648. The van der Waals surface area contributed by atoms with Crippen molar-refractivity contribution in [2.75, 3.05) is 0 Å². The molecule has 0 amide bonds. The average molecular weight is 378 g/mol. The molecule has 28 heavy (non-hydrogen) atoms. The predicted molar refractivity (Wildman–Crippen MR) is 103 cm³/mol. The number of ether oxygens (including phenoxy) is 1. The number of Topliss-reactive ketones (excluding diaryl/α,β-unsaturated/α-hetero) is 2. The summed E-state index contributed by atoms with van der Waals surface area (Å²) in [7, 11) is 0. The molecule has 3 nitrogen and oxygen atoms in total. The standard InChI is InChI=1S/C24H23FO3/c1-2-13-5-8-18(28-17-9-6-16(25)7-10-17)12-19(13)22-23(26)20-14-3-4-15(11-14)21(20)24(22)27/h5-10,12,14-15,20-22H,2-4,11H2,1H3/t14-,15+,20-,21+,22?. The zero-order valence-electron chi connectivity index (χ0n) is 15.9. The molecule has 0 heterocycles. The van der Waals surface area contributed by atoms with Crippen LogP contribution in [0.25, 0.3) is 0 Å². The molecule has 5 rings (SSSR count). The highest BCUT2D eigenvalue weighted by atomic mass is 19.1. The Morgan fingerprint density at radius 2 is 1.54 bits per heavy atom. The summed E-state index contributed by atoms with van der Waals surface area (Å²) in [5, 5.41) is 0. The molecule has 0 aliphatic heterocycles. The molecule has 0 radical (unpaired) electrons. The number of rotatable bonds is 4. The van der Waals surface area contributed by atoms with Crippen LogP contribution in [-0.2, 0) is 16.0 Å². The third-order valence-electron chi connectivity index (χ3n) is 7.00. The molecule has 2 aromatic carbocycles. The predicted octanol–water partition coefficient (Wildman–Crippen LogP) is 5.08. The van der Waals surface area contributed by atoms with Gasteiger partial charge in [0.1, 0.15) is 23.2 Å². The van der Waals surface area contributed by atoms with E-state index in [1.165, 1.54) is 12.1 Å². The quantitative estimate of drug-likeness (QED) is 0.697. The van der Waals surface area contributed by atoms with Gasteiger partial charge in [0.2, 0.25) is 0 Å². The summed E-state index contributed by atoms with van der Waals surface area (Å²) in [6.45, 7) is 2.04. The maximum Gasteiger partial charge on any atom is 0.151 e. The van der Waals surface area contributed by atoms with Crippen LogP contribution in [0.1, 0.15) is 43.2 Å². The second-order valence-corrected chi connectivity index (χ2v) is 8.39. The first kappa shape index (κ1) is 17.6. The Balaban J connectivity index is 1.49. The SMILES string of the molecule is CCc1ccc(Oc2ccc(F)cc2)cc1C1C(=O)[C@@H]2[C@@H]3CC[C@@H](C3)[C@@H]2C1=O. The lowest BCUT2D eigenvalue weighted by atomic mass is 9.81. The van der Waals surface area contributed by atoms with Crippen LogP contribution >= 0.6 is 0 Å². The Morgan fingerprint density at radius 1 is 0.929 bits per heavy atom. The molecule has 5 atom stereocenters. The molecule has 0 aromatic heterocycles. The van der Waals surface area contributed by atoms with Gasteiger partial charge < -0.3 is 4.74 Å². The zero-order valence-corrected chi connectivity index (χ0v) is 15.9. The first-order chi connectivity index (χ1) is 13.6. The smallest absolute Gasteiger partial charge is 0.151 e. The van der Waals surface area contributed by atoms with Crippen molar-refractivity contribution < 1.29 is 18.7 Å². The van der Waals surface area contributed by atoms with Crippen molar-refractivity contribution in [3.63, 3.8) is 0 Å². The van der Waals surface area contributed by atoms with Crippen LogP contribution in [-0.4, -0.2) is 11.6 Å². The van der Waals surface area contributed by atoms with E-state index < -0.39 is 5.92 Å². The normalized spacial score (nSPS) is 30.7. The molecule has 0 saturated heterocycles. The minimum Gasteiger partial charge on any atom is -0.457 e. The zero-order chi connectivity index (χ0) is 19.4. The monoisotopic (exact) mass is 378 g/mol. The maximum atomic E-state index is 13.3. The fraction of sp³-hybridized carbons (Fsp3) is 0.417. The van der Waals surface area contributed by atoms with Crippen molar-refractivity contribution >= 4 is 11.6 Å². The van der Waals surface area contributed by atoms with Crippen molar-refractivity contribution in [3.05, 3.63) is 59.4 Å². The van der Waals surface area contributed by atoms with Crippen molar-refractivity contribution in [1.29, 1.82) is 0 Å². The van der Waals surface area contributed by atoms with Crippen LogP contribution in [0.5, 0.6) is 11.5 Å². The lowest BCUT2D eigenvalue weighted by Gasteiger charge is -2.21. The van der Waals surface area contributed by atoms with Crippen LogP contribution in [0.4, 0.5) is 4.39 Å². The molecule has 0 spiro atoms. The van der Waals surface area contributed by atoms with E-state index in [9.17, 15) is 14.0 Å². The van der Waals surface area contributed by atoms with Crippen molar-refractivity contribution in [1.82, 2.24) is 0 Å². The number of halogens is 1. The molecule has 2 bridgehead atoms. The van der Waals surface area contributed by atoms with Crippen LogP contribution in [0.3, 0.4) is 0 Å². The molecule has 2 aromatic rings. The van der Waals surface area contributed by atoms with Crippen molar-refractivity contribution in [3.8, 4) is 11.5 Å². The van der Waals surface area contributed by atoms with Crippen LogP contribution in [0.15, 0.2) is 42.5 Å². The summed E-state index contributed by atoms with van der Waals surface area (Å²) in [5.41, 5.74) is 1.82. The van der Waals surface area contributed by atoms with Crippen LogP contribution in [0.2, 0.25) is 0 Å². The van der Waals surface area contributed by atoms with Gasteiger partial charge in [-0.3, -0.25) is 9.59 Å².